The minimum Gasteiger partial charge on any atom is -0.488 e. The molecule has 0 radical (unpaired) electrons. The molecule has 0 bridgehead atoms. The van der Waals surface area contributed by atoms with Gasteiger partial charge in [0.1, 0.15) is 11.9 Å². The van der Waals surface area contributed by atoms with Crippen LogP contribution in [0.25, 0.3) is 0 Å². The number of hydrogen-bond acceptors (Lipinski definition) is 5. The van der Waals surface area contributed by atoms with Gasteiger partial charge in [-0.2, -0.15) is 0 Å². The molecule has 29 heavy (non-hydrogen) atoms. The Labute approximate surface area is 170 Å². The molecular weight excluding hydrogens is 370 g/mol. The van der Waals surface area contributed by atoms with Gasteiger partial charge in [0.05, 0.1) is 30.6 Å². The summed E-state index contributed by atoms with van der Waals surface area (Å²) in [6.07, 6.45) is 2.92. The molecule has 1 saturated heterocycles. The van der Waals surface area contributed by atoms with Crippen molar-refractivity contribution in [3.05, 3.63) is 53.6 Å². The minimum atomic E-state index is -0.432. The number of urea groups is 1. The van der Waals surface area contributed by atoms with Crippen molar-refractivity contribution in [3.8, 4) is 5.75 Å². The van der Waals surface area contributed by atoms with Gasteiger partial charge in [-0.15, -0.1) is 0 Å². The molecule has 2 aliphatic rings. The van der Waals surface area contributed by atoms with E-state index in [2.05, 4.69) is 15.5 Å². The molecule has 4 rings (SSSR count). The topological polar surface area (TPSA) is 79.9 Å². The second-order valence-electron chi connectivity index (χ2n) is 7.30. The highest BCUT2D eigenvalue weighted by Crippen LogP contribution is 2.31. The molecule has 1 fully saturated rings. The number of amides is 2. The van der Waals surface area contributed by atoms with Gasteiger partial charge in [0.25, 0.3) is 0 Å². The zero-order valence-electron chi connectivity index (χ0n) is 16.4. The molecule has 2 heterocycles. The van der Waals surface area contributed by atoms with E-state index in [9.17, 15) is 9.59 Å². The fourth-order valence-electron chi connectivity index (χ4n) is 3.86. The van der Waals surface area contributed by atoms with Crippen LogP contribution in [-0.4, -0.2) is 44.8 Å². The summed E-state index contributed by atoms with van der Waals surface area (Å²) in [6, 6.07) is 12.8. The number of anilines is 2. The second kappa shape index (κ2) is 8.43. The lowest BCUT2D eigenvalue weighted by Gasteiger charge is -2.22. The highest BCUT2D eigenvalue weighted by atomic mass is 16.5. The monoisotopic (exact) mass is 395 g/mol. The lowest BCUT2D eigenvalue weighted by atomic mass is 10.1. The van der Waals surface area contributed by atoms with E-state index < -0.39 is 5.97 Å². The fourth-order valence-corrected chi connectivity index (χ4v) is 3.86. The number of nitrogens with zero attached hydrogens (tertiary/aromatic N) is 1. The molecule has 2 N–H and O–H groups in total. The molecule has 0 spiro atoms. The third kappa shape index (κ3) is 4.29. The Hall–Kier alpha value is -3.22. The van der Waals surface area contributed by atoms with Gasteiger partial charge < -0.3 is 25.0 Å². The number of esters is 1. The Kier molecular flexibility index (Phi) is 5.55. The smallest absolute Gasteiger partial charge is 0.337 e. The predicted molar refractivity (Wildman–Crippen MR) is 111 cm³/mol. The molecule has 1 atom stereocenters. The van der Waals surface area contributed by atoms with E-state index in [1.165, 1.54) is 7.11 Å². The van der Waals surface area contributed by atoms with Crippen molar-refractivity contribution in [1.82, 2.24) is 5.32 Å². The molecular formula is C22H25N3O4. The van der Waals surface area contributed by atoms with Crippen molar-refractivity contribution in [3.63, 3.8) is 0 Å². The third-order valence-electron chi connectivity index (χ3n) is 5.32. The van der Waals surface area contributed by atoms with Gasteiger partial charge in [-0.3, -0.25) is 0 Å². The van der Waals surface area contributed by atoms with E-state index in [1.807, 2.05) is 30.3 Å². The standard InChI is InChI=1S/C22H25N3O4/c1-28-21(26)16-8-9-19(25-10-4-5-11-25)18(13-16)24-22(27)23-14-17-12-15-6-2-3-7-20(15)29-17/h2-3,6-9,13,17H,4-5,10-12,14H2,1H3,(H2,23,24,27)/t17-/m0/s1. The number of fused-ring (bicyclic) bond motifs is 1. The van der Waals surface area contributed by atoms with E-state index in [-0.39, 0.29) is 12.1 Å². The number of rotatable bonds is 5. The molecule has 7 heteroatoms. The van der Waals surface area contributed by atoms with E-state index in [0.29, 0.717) is 17.8 Å². The van der Waals surface area contributed by atoms with E-state index in [0.717, 1.165) is 49.4 Å². The lowest BCUT2D eigenvalue weighted by Crippen LogP contribution is -2.37. The van der Waals surface area contributed by atoms with Crippen molar-refractivity contribution < 1.29 is 19.1 Å². The summed E-state index contributed by atoms with van der Waals surface area (Å²) in [7, 11) is 1.34. The molecule has 152 valence electrons. The SMILES string of the molecule is COC(=O)c1ccc(N2CCCC2)c(NC(=O)NC[C@@H]2Cc3ccccc3O2)c1. The third-order valence-corrected chi connectivity index (χ3v) is 5.32. The molecule has 2 aliphatic heterocycles. The van der Waals surface area contributed by atoms with Crippen molar-refractivity contribution in [2.75, 3.05) is 37.0 Å². The Bertz CT molecular complexity index is 884. The van der Waals surface area contributed by atoms with Crippen LogP contribution >= 0.6 is 0 Å². The maximum absolute atomic E-state index is 12.5. The number of hydrogen-bond donors (Lipinski definition) is 2. The first kappa shape index (κ1) is 19.1. The van der Waals surface area contributed by atoms with Gasteiger partial charge in [-0.05, 0) is 42.7 Å². The maximum Gasteiger partial charge on any atom is 0.337 e. The van der Waals surface area contributed by atoms with Crippen molar-refractivity contribution in [2.45, 2.75) is 25.4 Å². The van der Waals surface area contributed by atoms with Crippen LogP contribution in [0.1, 0.15) is 28.8 Å². The average molecular weight is 395 g/mol. The number of carbonyl (C=O) groups excluding carboxylic acids is 2. The largest absolute Gasteiger partial charge is 0.488 e. The summed E-state index contributed by atoms with van der Waals surface area (Å²) < 4.78 is 10.7. The second-order valence-corrected chi connectivity index (χ2v) is 7.30. The van der Waals surface area contributed by atoms with Gasteiger partial charge in [0.2, 0.25) is 0 Å². The molecule has 0 aromatic heterocycles. The first-order chi connectivity index (χ1) is 14.1. The predicted octanol–water partition coefficient (Wildman–Crippen LogP) is 3.20. The van der Waals surface area contributed by atoms with Crippen molar-refractivity contribution in [2.24, 2.45) is 0 Å². The number of benzene rings is 2. The van der Waals surface area contributed by atoms with E-state index >= 15 is 0 Å². The quantitative estimate of drug-likeness (QED) is 0.760. The number of methoxy groups -OCH3 is 1. The Morgan fingerprint density at radius 3 is 2.72 bits per heavy atom. The van der Waals surface area contributed by atoms with Gasteiger partial charge in [0, 0.05) is 19.5 Å². The molecule has 2 aromatic carbocycles. The molecule has 0 saturated carbocycles. The molecule has 7 nitrogen and oxygen atoms in total. The van der Waals surface area contributed by atoms with Crippen LogP contribution in [0.2, 0.25) is 0 Å². The van der Waals surface area contributed by atoms with E-state index in [1.54, 1.807) is 12.1 Å². The highest BCUT2D eigenvalue weighted by molar-refractivity contribution is 5.97. The average Bonchev–Trinajstić information content (AvgIpc) is 3.41. The summed E-state index contributed by atoms with van der Waals surface area (Å²) in [5, 5.41) is 5.78. The highest BCUT2D eigenvalue weighted by Gasteiger charge is 2.23. The molecule has 0 unspecified atom stereocenters. The summed E-state index contributed by atoms with van der Waals surface area (Å²) >= 11 is 0. The lowest BCUT2D eigenvalue weighted by molar-refractivity contribution is 0.0600. The Morgan fingerprint density at radius 2 is 1.97 bits per heavy atom. The van der Waals surface area contributed by atoms with Crippen molar-refractivity contribution >= 4 is 23.4 Å². The van der Waals surface area contributed by atoms with Crippen LogP contribution in [0.5, 0.6) is 5.75 Å². The van der Waals surface area contributed by atoms with Gasteiger partial charge in [0.15, 0.2) is 0 Å². The number of carbonyl (C=O) groups is 2. The maximum atomic E-state index is 12.5. The van der Waals surface area contributed by atoms with Gasteiger partial charge in [-0.25, -0.2) is 9.59 Å². The minimum absolute atomic E-state index is 0.0856. The van der Waals surface area contributed by atoms with Crippen LogP contribution in [0.4, 0.5) is 16.2 Å². The van der Waals surface area contributed by atoms with Gasteiger partial charge >= 0.3 is 12.0 Å². The fraction of sp³-hybridized carbons (Fsp3) is 0.364. The van der Waals surface area contributed by atoms with E-state index in [4.69, 9.17) is 9.47 Å². The molecule has 2 aromatic rings. The van der Waals surface area contributed by atoms with Crippen molar-refractivity contribution in [1.29, 1.82) is 0 Å². The number of nitrogens with one attached hydrogen (secondary N) is 2. The number of ether oxygens (including phenoxy) is 2. The summed E-state index contributed by atoms with van der Waals surface area (Å²) in [6.45, 7) is 2.26. The van der Waals surface area contributed by atoms with Crippen LogP contribution in [0, 0.1) is 0 Å². The normalized spacial score (nSPS) is 17.4. The molecule has 2 amide bonds. The Morgan fingerprint density at radius 1 is 1.17 bits per heavy atom. The zero-order chi connectivity index (χ0) is 20.2. The summed E-state index contributed by atoms with van der Waals surface area (Å²) in [4.78, 5) is 26.7. The zero-order valence-corrected chi connectivity index (χ0v) is 16.4. The van der Waals surface area contributed by atoms with Gasteiger partial charge in [-0.1, -0.05) is 18.2 Å². The first-order valence-corrected chi connectivity index (χ1v) is 9.91. The summed E-state index contributed by atoms with van der Waals surface area (Å²) in [5.41, 5.74) is 3.07. The Balaban J connectivity index is 1.42. The summed E-state index contributed by atoms with van der Waals surface area (Å²) in [5.74, 6) is 0.445. The number of para-hydroxylation sites is 1. The van der Waals surface area contributed by atoms with Crippen LogP contribution in [0.3, 0.4) is 0 Å². The first-order valence-electron chi connectivity index (χ1n) is 9.91. The molecule has 0 aliphatic carbocycles. The van der Waals surface area contributed by atoms with Crippen LogP contribution in [0.15, 0.2) is 42.5 Å². The van der Waals surface area contributed by atoms with Crippen LogP contribution in [-0.2, 0) is 11.2 Å². The van der Waals surface area contributed by atoms with Crippen LogP contribution < -0.4 is 20.3 Å².